The van der Waals surface area contributed by atoms with Gasteiger partial charge in [-0.2, -0.15) is 0 Å². The molecule has 1 unspecified atom stereocenters. The number of rotatable bonds is 12. The zero-order valence-electron chi connectivity index (χ0n) is 13.9. The Balaban J connectivity index is 3.82. The fourth-order valence-corrected chi connectivity index (χ4v) is 3.02. The average Bonchev–Trinajstić information content (AvgIpc) is 2.36. The Morgan fingerprint density at radius 3 is 2.14 bits per heavy atom. The summed E-state index contributed by atoms with van der Waals surface area (Å²) in [6.45, 7) is 2.99. The van der Waals surface area contributed by atoms with Crippen molar-refractivity contribution >= 4 is 16.4 Å². The van der Waals surface area contributed by atoms with E-state index in [1.807, 2.05) is 27.7 Å². The second-order valence-corrected chi connectivity index (χ2v) is 10.7. The summed E-state index contributed by atoms with van der Waals surface area (Å²) in [7, 11) is 2.65. The summed E-state index contributed by atoms with van der Waals surface area (Å²) >= 11 is 0. The third-order valence-corrected chi connectivity index (χ3v) is 6.47. The average molecular weight is 344 g/mol. The molecule has 8 nitrogen and oxygen atoms in total. The van der Waals surface area contributed by atoms with Gasteiger partial charge in [0.15, 0.2) is 0 Å². The topological polar surface area (TPSA) is 89.1 Å². The molecule has 0 aromatic heterocycles. The molecule has 0 aliphatic heterocycles. The number of likely N-dealkylation sites (N-methyl/N-ethyl adjacent to an activating group) is 1. The van der Waals surface area contributed by atoms with E-state index in [1.165, 1.54) is 0 Å². The normalized spacial score (nSPS) is 16.0. The maximum atomic E-state index is 11.5. The van der Waals surface area contributed by atoms with Crippen LogP contribution in [-0.4, -0.2) is 80.9 Å². The number of phosphoric acid groups is 1. The largest absolute Gasteiger partial charge is 0.756 e. The predicted molar refractivity (Wildman–Crippen MR) is 80.9 cm³/mol. The Morgan fingerprint density at radius 2 is 1.67 bits per heavy atom. The molecular formula is C11H29N2O6PSi. The summed E-state index contributed by atoms with van der Waals surface area (Å²) in [4.78, 5) is 11.5. The van der Waals surface area contributed by atoms with Gasteiger partial charge in [0, 0.05) is 26.9 Å². The number of nitrogens with zero attached hydrogens (tertiary/aromatic N) is 1. The van der Waals surface area contributed by atoms with Crippen molar-refractivity contribution in [1.82, 2.24) is 5.32 Å². The zero-order chi connectivity index (χ0) is 16.6. The molecular weight excluding hydrogens is 315 g/mol. The Hall–Kier alpha value is 0.167. The number of phosphoric ester groups is 1. The lowest BCUT2D eigenvalue weighted by atomic mass is 10.5. The molecule has 0 saturated carbocycles. The predicted octanol–water partition coefficient (Wildman–Crippen LogP) is -0.312. The van der Waals surface area contributed by atoms with E-state index in [2.05, 4.69) is 5.32 Å². The van der Waals surface area contributed by atoms with Gasteiger partial charge < -0.3 is 32.6 Å². The second kappa shape index (κ2) is 9.34. The van der Waals surface area contributed by atoms with Crippen LogP contribution in [0, 0.1) is 0 Å². The molecule has 0 aromatic rings. The van der Waals surface area contributed by atoms with Gasteiger partial charge in [0.25, 0.3) is 7.82 Å². The van der Waals surface area contributed by atoms with Crippen LogP contribution in [0.25, 0.3) is 0 Å². The van der Waals surface area contributed by atoms with E-state index in [-0.39, 0.29) is 13.2 Å². The molecule has 0 aliphatic rings. The lowest BCUT2D eigenvalue weighted by Gasteiger charge is -2.27. The van der Waals surface area contributed by atoms with Crippen molar-refractivity contribution in [2.45, 2.75) is 6.55 Å². The summed E-state index contributed by atoms with van der Waals surface area (Å²) in [5.74, 6) is 0. The van der Waals surface area contributed by atoms with Crippen LogP contribution in [0.4, 0.5) is 0 Å². The van der Waals surface area contributed by atoms with Gasteiger partial charge >= 0.3 is 8.56 Å². The molecule has 0 spiro atoms. The number of quaternary nitrogens is 1. The summed E-state index contributed by atoms with van der Waals surface area (Å²) < 4.78 is 32.3. The van der Waals surface area contributed by atoms with Crippen LogP contribution in [0.3, 0.4) is 0 Å². The molecule has 0 saturated heterocycles. The Labute approximate surface area is 128 Å². The van der Waals surface area contributed by atoms with Crippen molar-refractivity contribution in [2.24, 2.45) is 0 Å². The van der Waals surface area contributed by atoms with E-state index in [0.29, 0.717) is 23.7 Å². The number of nitrogens with one attached hydrogen (secondary N) is 1. The van der Waals surface area contributed by atoms with Gasteiger partial charge in [0.2, 0.25) is 0 Å². The van der Waals surface area contributed by atoms with Crippen molar-refractivity contribution in [2.75, 3.05) is 67.8 Å². The van der Waals surface area contributed by atoms with E-state index < -0.39 is 16.4 Å². The van der Waals surface area contributed by atoms with E-state index >= 15 is 0 Å². The SMILES string of the molecule is CO[Si](C)(CNCCOP(=O)([O-])OCC[N+](C)(C)C)OC. The lowest BCUT2D eigenvalue weighted by Crippen LogP contribution is -2.47. The van der Waals surface area contributed by atoms with Crippen LogP contribution in [-0.2, 0) is 22.5 Å². The van der Waals surface area contributed by atoms with Gasteiger partial charge in [-0.1, -0.05) is 0 Å². The molecule has 0 bridgehead atoms. The first-order chi connectivity index (χ1) is 9.54. The van der Waals surface area contributed by atoms with Gasteiger partial charge in [-0.25, -0.2) is 0 Å². The summed E-state index contributed by atoms with van der Waals surface area (Å²) in [6.07, 6.45) is 0.550. The van der Waals surface area contributed by atoms with E-state index in [9.17, 15) is 9.46 Å². The maximum Gasteiger partial charge on any atom is 0.348 e. The first kappa shape index (κ1) is 21.2. The van der Waals surface area contributed by atoms with Crippen molar-refractivity contribution in [3.63, 3.8) is 0 Å². The summed E-state index contributed by atoms with van der Waals surface area (Å²) in [5, 5.41) is 3.05. The number of hydrogen-bond acceptors (Lipinski definition) is 7. The van der Waals surface area contributed by atoms with Gasteiger partial charge in [-0.15, -0.1) is 0 Å². The molecule has 0 amide bonds. The first-order valence-corrected chi connectivity index (χ1v) is 10.7. The smallest absolute Gasteiger partial charge is 0.348 e. The molecule has 1 N–H and O–H groups in total. The molecule has 0 aliphatic carbocycles. The fourth-order valence-electron chi connectivity index (χ4n) is 1.24. The van der Waals surface area contributed by atoms with E-state index in [0.717, 1.165) is 0 Å². The molecule has 0 heterocycles. The van der Waals surface area contributed by atoms with E-state index in [4.69, 9.17) is 17.9 Å². The van der Waals surface area contributed by atoms with Crippen molar-refractivity contribution < 1.29 is 31.8 Å². The molecule has 1 atom stereocenters. The van der Waals surface area contributed by atoms with Crippen LogP contribution in [0.5, 0.6) is 0 Å². The van der Waals surface area contributed by atoms with Crippen molar-refractivity contribution in [3.05, 3.63) is 0 Å². The summed E-state index contributed by atoms with van der Waals surface area (Å²) in [5.41, 5.74) is 0. The van der Waals surface area contributed by atoms with Gasteiger partial charge in [0.1, 0.15) is 13.2 Å². The Morgan fingerprint density at radius 1 is 1.14 bits per heavy atom. The minimum Gasteiger partial charge on any atom is -0.756 e. The van der Waals surface area contributed by atoms with Crippen LogP contribution in [0.1, 0.15) is 0 Å². The highest BCUT2D eigenvalue weighted by molar-refractivity contribution is 7.45. The molecule has 0 rings (SSSR count). The highest BCUT2D eigenvalue weighted by atomic mass is 31.2. The van der Waals surface area contributed by atoms with Gasteiger partial charge in [0.05, 0.1) is 27.7 Å². The second-order valence-electron chi connectivity index (χ2n) is 5.85. The maximum absolute atomic E-state index is 11.5. The zero-order valence-corrected chi connectivity index (χ0v) is 15.8. The van der Waals surface area contributed by atoms with Crippen molar-refractivity contribution in [1.29, 1.82) is 0 Å². The standard InChI is InChI=1S/C11H29N2O6PSi/c1-13(2,3)8-10-19-20(14,15)18-9-7-12-11-21(6,16-4)17-5/h12H,7-11H2,1-6H3. The Bertz CT molecular complexity index is 335. The monoisotopic (exact) mass is 344 g/mol. The fraction of sp³-hybridized carbons (Fsp3) is 1.00. The van der Waals surface area contributed by atoms with Crippen molar-refractivity contribution in [3.8, 4) is 0 Å². The molecule has 10 heteroatoms. The van der Waals surface area contributed by atoms with Gasteiger partial charge in [-0.05, 0) is 6.55 Å². The van der Waals surface area contributed by atoms with Crippen LogP contribution in [0.15, 0.2) is 0 Å². The molecule has 128 valence electrons. The van der Waals surface area contributed by atoms with E-state index in [1.54, 1.807) is 14.2 Å². The lowest BCUT2D eigenvalue weighted by molar-refractivity contribution is -0.870. The number of hydrogen-bond donors (Lipinski definition) is 1. The highest BCUT2D eigenvalue weighted by Gasteiger charge is 2.27. The molecule has 0 aromatic carbocycles. The van der Waals surface area contributed by atoms with Crippen LogP contribution in [0.2, 0.25) is 6.55 Å². The van der Waals surface area contributed by atoms with Crippen LogP contribution < -0.4 is 10.2 Å². The third kappa shape index (κ3) is 11.4. The molecule has 0 radical (unpaired) electrons. The highest BCUT2D eigenvalue weighted by Crippen LogP contribution is 2.37. The Kier molecular flexibility index (Phi) is 9.41. The molecule has 0 fully saturated rings. The van der Waals surface area contributed by atoms with Gasteiger partial charge in [-0.3, -0.25) is 4.57 Å². The minimum atomic E-state index is -4.22. The first-order valence-electron chi connectivity index (χ1n) is 6.75. The minimum absolute atomic E-state index is 0.0169. The molecule has 21 heavy (non-hydrogen) atoms. The summed E-state index contributed by atoms with van der Waals surface area (Å²) in [6, 6.07) is 0. The quantitative estimate of drug-likeness (QED) is 0.225. The third-order valence-electron chi connectivity index (χ3n) is 2.85. The van der Waals surface area contributed by atoms with Crippen LogP contribution >= 0.6 is 7.82 Å².